The van der Waals surface area contributed by atoms with Crippen LogP contribution in [0.1, 0.15) is 37.3 Å². The topological polar surface area (TPSA) is 46.2 Å². The Morgan fingerprint density at radius 3 is 2.40 bits per heavy atom. The first-order valence-corrected chi connectivity index (χ1v) is 7.03. The molecule has 0 heterocycles. The van der Waals surface area contributed by atoms with Crippen LogP contribution >= 0.6 is 24.2 Å². The predicted molar refractivity (Wildman–Crippen MR) is 76.2 cm³/mol. The van der Waals surface area contributed by atoms with E-state index in [1.807, 2.05) is 0 Å². The third-order valence-corrected chi connectivity index (χ3v) is 4.22. The van der Waals surface area contributed by atoms with Crippen molar-refractivity contribution in [2.45, 2.75) is 42.1 Å². The summed E-state index contributed by atoms with van der Waals surface area (Å²) in [5, 5.41) is 9.79. The number of phenols is 1. The molecule has 1 aliphatic carbocycles. The van der Waals surface area contributed by atoms with E-state index in [1.165, 1.54) is 18.2 Å². The molecular formula is C13H17ClF3NOS. The van der Waals surface area contributed by atoms with Gasteiger partial charge in [-0.05, 0) is 48.7 Å². The normalized spacial score (nSPS) is 17.8. The molecule has 0 bridgehead atoms. The highest BCUT2D eigenvalue weighted by Crippen LogP contribution is 2.41. The summed E-state index contributed by atoms with van der Waals surface area (Å²) in [7, 11) is 0. The molecule has 20 heavy (non-hydrogen) atoms. The molecule has 1 aromatic rings. The van der Waals surface area contributed by atoms with Gasteiger partial charge in [-0.2, -0.15) is 13.2 Å². The Labute approximate surface area is 126 Å². The fraction of sp³-hybridized carbons (Fsp3) is 0.538. The predicted octanol–water partition coefficient (Wildman–Crippen LogP) is 4.62. The number of alkyl halides is 3. The molecule has 7 heteroatoms. The molecule has 0 radical (unpaired) electrons. The zero-order valence-electron chi connectivity index (χ0n) is 10.7. The number of phenolic OH excluding ortho intramolecular Hbond substituents is 1. The lowest BCUT2D eigenvalue weighted by Gasteiger charge is -2.21. The van der Waals surface area contributed by atoms with Crippen molar-refractivity contribution in [3.05, 3.63) is 23.8 Å². The number of nitrogens with two attached hydrogens (primary N) is 1. The summed E-state index contributed by atoms with van der Waals surface area (Å²) in [6.07, 6.45) is 4.13. The number of hydrogen-bond donors (Lipinski definition) is 2. The monoisotopic (exact) mass is 327 g/mol. The standard InChI is InChI=1S/C13H16F3NOS.ClH/c14-13(15,16)19-9-5-6-11(18)10(7-9)12(17)8-3-1-2-4-8;/h5-8,12,18H,1-4,17H2;1H/t12-;/m0./s1. The molecule has 1 aromatic carbocycles. The zero-order chi connectivity index (χ0) is 14.0. The summed E-state index contributed by atoms with van der Waals surface area (Å²) in [5.41, 5.74) is 2.17. The SMILES string of the molecule is Cl.N[C@H](c1cc(SC(F)(F)F)ccc1O)C1CCCC1. The highest BCUT2D eigenvalue weighted by molar-refractivity contribution is 8.00. The van der Waals surface area contributed by atoms with Crippen molar-refractivity contribution in [1.82, 2.24) is 0 Å². The molecular weight excluding hydrogens is 311 g/mol. The Bertz CT molecular complexity index is 450. The van der Waals surface area contributed by atoms with Crippen LogP contribution in [0.2, 0.25) is 0 Å². The van der Waals surface area contributed by atoms with Crippen LogP contribution in [0.3, 0.4) is 0 Å². The Kier molecular flexibility index (Phi) is 6.04. The third kappa shape index (κ3) is 4.46. The maximum Gasteiger partial charge on any atom is 0.446 e. The van der Waals surface area contributed by atoms with Gasteiger partial charge in [-0.3, -0.25) is 0 Å². The summed E-state index contributed by atoms with van der Waals surface area (Å²) in [6.45, 7) is 0. The third-order valence-electron chi connectivity index (χ3n) is 3.50. The van der Waals surface area contributed by atoms with E-state index in [1.54, 1.807) is 0 Å². The van der Waals surface area contributed by atoms with Crippen molar-refractivity contribution < 1.29 is 18.3 Å². The van der Waals surface area contributed by atoms with Gasteiger partial charge in [0, 0.05) is 16.5 Å². The smallest absolute Gasteiger partial charge is 0.446 e. The van der Waals surface area contributed by atoms with Crippen LogP contribution in [-0.2, 0) is 0 Å². The molecule has 1 fully saturated rings. The van der Waals surface area contributed by atoms with E-state index in [9.17, 15) is 18.3 Å². The van der Waals surface area contributed by atoms with Crippen molar-refractivity contribution in [3.63, 3.8) is 0 Å². The van der Waals surface area contributed by atoms with Crippen LogP contribution in [-0.4, -0.2) is 10.6 Å². The van der Waals surface area contributed by atoms with Gasteiger partial charge in [0.1, 0.15) is 5.75 Å². The van der Waals surface area contributed by atoms with E-state index in [-0.39, 0.29) is 40.7 Å². The Morgan fingerprint density at radius 2 is 1.85 bits per heavy atom. The number of halogens is 4. The van der Waals surface area contributed by atoms with Gasteiger partial charge < -0.3 is 10.8 Å². The van der Waals surface area contributed by atoms with Crippen LogP contribution < -0.4 is 5.73 Å². The van der Waals surface area contributed by atoms with Crippen LogP contribution in [0.15, 0.2) is 23.1 Å². The number of aromatic hydroxyl groups is 1. The average molecular weight is 328 g/mol. The van der Waals surface area contributed by atoms with Gasteiger partial charge in [-0.25, -0.2) is 0 Å². The first-order valence-electron chi connectivity index (χ1n) is 6.21. The number of thioether (sulfide) groups is 1. The van der Waals surface area contributed by atoms with Crippen molar-refractivity contribution in [3.8, 4) is 5.75 Å². The Balaban J connectivity index is 0.00000200. The highest BCUT2D eigenvalue weighted by atomic mass is 35.5. The summed E-state index contributed by atoms with van der Waals surface area (Å²) in [5.74, 6) is 0.225. The van der Waals surface area contributed by atoms with Crippen molar-refractivity contribution >= 4 is 24.2 Å². The molecule has 1 saturated carbocycles. The number of benzene rings is 1. The van der Waals surface area contributed by atoms with Crippen LogP contribution in [0.5, 0.6) is 5.75 Å². The fourth-order valence-electron chi connectivity index (χ4n) is 2.57. The fourth-order valence-corrected chi connectivity index (χ4v) is 3.16. The van der Waals surface area contributed by atoms with Crippen molar-refractivity contribution in [2.75, 3.05) is 0 Å². The van der Waals surface area contributed by atoms with Crippen molar-refractivity contribution in [2.24, 2.45) is 11.7 Å². The van der Waals surface area contributed by atoms with Gasteiger partial charge >= 0.3 is 5.51 Å². The van der Waals surface area contributed by atoms with Crippen LogP contribution in [0.25, 0.3) is 0 Å². The minimum atomic E-state index is -4.33. The van der Waals surface area contributed by atoms with E-state index in [0.29, 0.717) is 5.56 Å². The molecule has 3 N–H and O–H groups in total. The van der Waals surface area contributed by atoms with Gasteiger partial charge in [-0.1, -0.05) is 12.8 Å². The van der Waals surface area contributed by atoms with Gasteiger partial charge in [0.05, 0.1) is 0 Å². The average Bonchev–Trinajstić information content (AvgIpc) is 2.82. The molecule has 2 nitrogen and oxygen atoms in total. The number of hydrogen-bond acceptors (Lipinski definition) is 3. The van der Waals surface area contributed by atoms with Gasteiger partial charge in [0.15, 0.2) is 0 Å². The molecule has 0 unspecified atom stereocenters. The molecule has 0 saturated heterocycles. The van der Waals surface area contributed by atoms with Gasteiger partial charge in [0.25, 0.3) is 0 Å². The first-order chi connectivity index (χ1) is 8.87. The minimum absolute atomic E-state index is 0. The molecule has 0 amide bonds. The van der Waals surface area contributed by atoms with Crippen LogP contribution in [0, 0.1) is 5.92 Å². The van der Waals surface area contributed by atoms with Gasteiger partial charge in [-0.15, -0.1) is 12.4 Å². The Hall–Kier alpha value is -0.590. The lowest BCUT2D eigenvalue weighted by atomic mass is 9.92. The summed E-state index contributed by atoms with van der Waals surface area (Å²) in [4.78, 5) is 0.0637. The molecule has 2 rings (SSSR count). The molecule has 1 atom stereocenters. The second-order valence-electron chi connectivity index (χ2n) is 4.84. The lowest BCUT2D eigenvalue weighted by Crippen LogP contribution is -2.19. The summed E-state index contributed by atoms with van der Waals surface area (Å²) in [6, 6.07) is 3.52. The van der Waals surface area contributed by atoms with Gasteiger partial charge in [0.2, 0.25) is 0 Å². The number of rotatable bonds is 3. The molecule has 114 valence electrons. The molecule has 0 spiro atoms. The Morgan fingerprint density at radius 1 is 1.25 bits per heavy atom. The summed E-state index contributed by atoms with van der Waals surface area (Å²) >= 11 is -0.183. The maximum absolute atomic E-state index is 12.3. The van der Waals surface area contributed by atoms with E-state index in [4.69, 9.17) is 5.73 Å². The zero-order valence-corrected chi connectivity index (χ0v) is 12.3. The maximum atomic E-state index is 12.3. The van der Waals surface area contributed by atoms with E-state index < -0.39 is 11.6 Å². The van der Waals surface area contributed by atoms with E-state index >= 15 is 0 Å². The highest BCUT2D eigenvalue weighted by Gasteiger charge is 2.30. The van der Waals surface area contributed by atoms with E-state index in [0.717, 1.165) is 25.7 Å². The lowest BCUT2D eigenvalue weighted by molar-refractivity contribution is -0.0328. The van der Waals surface area contributed by atoms with E-state index in [2.05, 4.69) is 0 Å². The van der Waals surface area contributed by atoms with Crippen LogP contribution in [0.4, 0.5) is 13.2 Å². The minimum Gasteiger partial charge on any atom is -0.508 e. The molecule has 1 aliphatic rings. The molecule has 0 aliphatic heterocycles. The second kappa shape index (κ2) is 6.91. The quantitative estimate of drug-likeness (QED) is 0.796. The van der Waals surface area contributed by atoms with Crippen molar-refractivity contribution in [1.29, 1.82) is 0 Å². The molecule has 0 aromatic heterocycles. The summed E-state index contributed by atoms with van der Waals surface area (Å²) < 4.78 is 37.0. The second-order valence-corrected chi connectivity index (χ2v) is 5.98. The first kappa shape index (κ1) is 17.5. The largest absolute Gasteiger partial charge is 0.508 e.